The van der Waals surface area contributed by atoms with E-state index >= 15 is 0 Å². The van der Waals surface area contributed by atoms with E-state index in [4.69, 9.17) is 9.84 Å². The van der Waals surface area contributed by atoms with Crippen LogP contribution in [0.25, 0.3) is 20.8 Å². The highest BCUT2D eigenvalue weighted by molar-refractivity contribution is 7.21. The molecule has 0 bridgehead atoms. The molecule has 1 atom stereocenters. The van der Waals surface area contributed by atoms with E-state index in [1.165, 1.54) is 0 Å². The van der Waals surface area contributed by atoms with Crippen molar-refractivity contribution in [1.82, 2.24) is 4.98 Å². The topological polar surface area (TPSA) is 74.6 Å². The lowest BCUT2D eigenvalue weighted by Crippen LogP contribution is -2.21. The maximum absolute atomic E-state index is 9.34. The van der Waals surface area contributed by atoms with Gasteiger partial charge in [-0.15, -0.1) is 11.3 Å². The van der Waals surface area contributed by atoms with Crippen LogP contribution < -0.4 is 10.1 Å². The van der Waals surface area contributed by atoms with E-state index in [-0.39, 0.29) is 13.2 Å². The molecule has 0 fully saturated rings. The number of nitrogens with one attached hydrogen (secondary N) is 1. The Labute approximate surface area is 138 Å². The highest BCUT2D eigenvalue weighted by atomic mass is 32.1. The van der Waals surface area contributed by atoms with Crippen LogP contribution in [0.1, 0.15) is 0 Å². The van der Waals surface area contributed by atoms with Crippen molar-refractivity contribution in [3.63, 3.8) is 0 Å². The summed E-state index contributed by atoms with van der Waals surface area (Å²) in [6.07, 6.45) is -0.867. The third-order valence-electron chi connectivity index (χ3n) is 3.43. The average Bonchev–Trinajstić information content (AvgIpc) is 3.03. The van der Waals surface area contributed by atoms with Gasteiger partial charge in [-0.05, 0) is 42.5 Å². The van der Waals surface area contributed by atoms with Gasteiger partial charge in [-0.25, -0.2) is 4.98 Å². The van der Waals surface area contributed by atoms with E-state index in [0.29, 0.717) is 5.75 Å². The molecule has 1 aromatic heterocycles. The number of nitrogens with zero attached hydrogens (tertiary/aromatic N) is 1. The van der Waals surface area contributed by atoms with Gasteiger partial charge in [0.15, 0.2) is 0 Å². The van der Waals surface area contributed by atoms with Crippen molar-refractivity contribution in [1.29, 1.82) is 0 Å². The van der Waals surface area contributed by atoms with Crippen molar-refractivity contribution >= 4 is 27.2 Å². The fraction of sp³-hybridized carbons (Fsp3) is 0.235. The fourth-order valence-corrected chi connectivity index (χ4v) is 3.14. The first kappa shape index (κ1) is 15.7. The monoisotopic (exact) mass is 330 g/mol. The minimum atomic E-state index is -0.867. The number of rotatable bonds is 6. The Hall–Kier alpha value is -2.15. The molecular formula is C17H18N2O3S. The standard InChI is InChI=1S/C17H18N2O3S/c1-18-12-4-2-11(3-5-12)17-19-15-7-6-14(8-16(15)23-17)22-10-13(21)9-20/h2-8,13,18,20-21H,9-10H2,1H3. The number of aliphatic hydroxyl groups is 2. The molecule has 1 unspecified atom stereocenters. The summed E-state index contributed by atoms with van der Waals surface area (Å²) in [5.74, 6) is 0.658. The highest BCUT2D eigenvalue weighted by Crippen LogP contribution is 2.32. The van der Waals surface area contributed by atoms with Gasteiger partial charge in [0.05, 0.1) is 16.8 Å². The summed E-state index contributed by atoms with van der Waals surface area (Å²) in [6.45, 7) is -0.241. The first-order valence-corrected chi connectivity index (χ1v) is 8.12. The number of ether oxygens (including phenoxy) is 1. The van der Waals surface area contributed by atoms with Gasteiger partial charge in [0.2, 0.25) is 0 Å². The Morgan fingerprint density at radius 3 is 2.70 bits per heavy atom. The molecule has 0 aliphatic heterocycles. The molecule has 0 aliphatic rings. The summed E-state index contributed by atoms with van der Waals surface area (Å²) in [6, 6.07) is 13.7. The summed E-state index contributed by atoms with van der Waals surface area (Å²) in [7, 11) is 1.89. The van der Waals surface area contributed by atoms with Crippen molar-refractivity contribution in [2.45, 2.75) is 6.10 Å². The van der Waals surface area contributed by atoms with Gasteiger partial charge in [0.1, 0.15) is 23.5 Å². The zero-order chi connectivity index (χ0) is 16.2. The van der Waals surface area contributed by atoms with Crippen LogP contribution in [0.4, 0.5) is 5.69 Å². The van der Waals surface area contributed by atoms with Crippen molar-refractivity contribution in [2.75, 3.05) is 25.6 Å². The lowest BCUT2D eigenvalue weighted by Gasteiger charge is -2.09. The molecule has 6 heteroatoms. The number of anilines is 1. The smallest absolute Gasteiger partial charge is 0.124 e. The van der Waals surface area contributed by atoms with Crippen LogP contribution in [0.15, 0.2) is 42.5 Å². The van der Waals surface area contributed by atoms with Gasteiger partial charge in [0, 0.05) is 18.3 Å². The number of thiazole rings is 1. The number of fused-ring (bicyclic) bond motifs is 1. The Kier molecular flexibility index (Phi) is 4.76. The number of benzene rings is 2. The number of aliphatic hydroxyl groups excluding tert-OH is 2. The molecule has 0 aliphatic carbocycles. The number of aromatic nitrogens is 1. The molecule has 0 amide bonds. The summed E-state index contributed by atoms with van der Waals surface area (Å²) >= 11 is 1.59. The fourth-order valence-electron chi connectivity index (χ4n) is 2.14. The van der Waals surface area contributed by atoms with E-state index < -0.39 is 6.10 Å². The predicted molar refractivity (Wildman–Crippen MR) is 93.2 cm³/mol. The van der Waals surface area contributed by atoms with Crippen molar-refractivity contribution < 1.29 is 14.9 Å². The minimum absolute atomic E-state index is 0.0686. The maximum atomic E-state index is 9.34. The van der Waals surface area contributed by atoms with Crippen LogP contribution in [0.2, 0.25) is 0 Å². The van der Waals surface area contributed by atoms with E-state index in [2.05, 4.69) is 10.3 Å². The molecule has 0 radical (unpaired) electrons. The Bertz CT molecular complexity index is 786. The molecule has 5 nitrogen and oxygen atoms in total. The zero-order valence-corrected chi connectivity index (χ0v) is 13.5. The summed E-state index contributed by atoms with van der Waals surface area (Å²) in [5, 5.41) is 22.2. The van der Waals surface area contributed by atoms with Crippen molar-refractivity contribution in [3.05, 3.63) is 42.5 Å². The van der Waals surface area contributed by atoms with Crippen molar-refractivity contribution in [2.24, 2.45) is 0 Å². The summed E-state index contributed by atoms with van der Waals surface area (Å²) in [4.78, 5) is 4.64. The third kappa shape index (κ3) is 3.61. The molecule has 3 N–H and O–H groups in total. The molecule has 3 aromatic rings. The number of hydrogen-bond donors (Lipinski definition) is 3. The normalized spacial score (nSPS) is 12.3. The zero-order valence-electron chi connectivity index (χ0n) is 12.7. The van der Waals surface area contributed by atoms with Crippen molar-refractivity contribution in [3.8, 4) is 16.3 Å². The summed E-state index contributed by atoms with van der Waals surface area (Å²) in [5.41, 5.74) is 3.05. The second kappa shape index (κ2) is 6.95. The van der Waals surface area contributed by atoms with Crippen LogP contribution in [0.3, 0.4) is 0 Å². The van der Waals surface area contributed by atoms with E-state index in [0.717, 1.165) is 26.5 Å². The average molecular weight is 330 g/mol. The first-order chi connectivity index (χ1) is 11.2. The largest absolute Gasteiger partial charge is 0.491 e. The van der Waals surface area contributed by atoms with Gasteiger partial charge in [-0.3, -0.25) is 0 Å². The van der Waals surface area contributed by atoms with Gasteiger partial charge in [-0.1, -0.05) is 0 Å². The molecule has 2 aromatic carbocycles. The molecule has 3 rings (SSSR count). The summed E-state index contributed by atoms with van der Waals surface area (Å²) < 4.78 is 6.49. The maximum Gasteiger partial charge on any atom is 0.124 e. The van der Waals surface area contributed by atoms with Gasteiger partial charge < -0.3 is 20.3 Å². The minimum Gasteiger partial charge on any atom is -0.491 e. The third-order valence-corrected chi connectivity index (χ3v) is 4.50. The molecule has 23 heavy (non-hydrogen) atoms. The quantitative estimate of drug-likeness (QED) is 0.648. The molecule has 0 spiro atoms. The van der Waals surface area contributed by atoms with Crippen LogP contribution in [-0.4, -0.2) is 41.6 Å². The van der Waals surface area contributed by atoms with Gasteiger partial charge in [0.25, 0.3) is 0 Å². The molecule has 120 valence electrons. The lowest BCUT2D eigenvalue weighted by molar-refractivity contribution is 0.0536. The highest BCUT2D eigenvalue weighted by Gasteiger charge is 2.09. The van der Waals surface area contributed by atoms with Crippen LogP contribution in [0.5, 0.6) is 5.75 Å². The van der Waals surface area contributed by atoms with E-state index in [1.54, 1.807) is 11.3 Å². The van der Waals surface area contributed by atoms with Crippen LogP contribution >= 0.6 is 11.3 Å². The second-order valence-corrected chi connectivity index (χ2v) is 6.15. The Balaban J connectivity index is 1.83. The molecule has 1 heterocycles. The second-order valence-electron chi connectivity index (χ2n) is 5.12. The van der Waals surface area contributed by atoms with Gasteiger partial charge in [-0.2, -0.15) is 0 Å². The van der Waals surface area contributed by atoms with Gasteiger partial charge >= 0.3 is 0 Å². The predicted octanol–water partition coefficient (Wildman–Crippen LogP) is 2.74. The van der Waals surface area contributed by atoms with E-state index in [1.807, 2.05) is 49.5 Å². The van der Waals surface area contributed by atoms with Crippen LogP contribution in [-0.2, 0) is 0 Å². The first-order valence-electron chi connectivity index (χ1n) is 7.30. The van der Waals surface area contributed by atoms with Crippen LogP contribution in [0, 0.1) is 0 Å². The Morgan fingerprint density at radius 2 is 2.00 bits per heavy atom. The SMILES string of the molecule is CNc1ccc(-c2nc3ccc(OCC(O)CO)cc3s2)cc1. The number of hydrogen-bond acceptors (Lipinski definition) is 6. The molecule has 0 saturated carbocycles. The molecular weight excluding hydrogens is 312 g/mol. The molecule has 0 saturated heterocycles. The van der Waals surface area contributed by atoms with E-state index in [9.17, 15) is 5.11 Å². The Morgan fingerprint density at radius 1 is 1.22 bits per heavy atom. The lowest BCUT2D eigenvalue weighted by atomic mass is 10.2.